The Balaban J connectivity index is 2.60. The fraction of sp³-hybridized carbons (Fsp3) is 0.400. The molecule has 1 heterocycles. The number of hydrogen-bond donors (Lipinski definition) is 1. The summed E-state index contributed by atoms with van der Waals surface area (Å²) < 4.78 is 1.62. The third-order valence-corrected chi connectivity index (χ3v) is 1.75. The SMILES string of the molecule is CC(C)NC(=O)Cn1cccc1C=O. The normalized spacial score (nSPS) is 10.2. The van der Waals surface area contributed by atoms with Crippen molar-refractivity contribution < 1.29 is 9.59 Å². The van der Waals surface area contributed by atoms with Crippen LogP contribution in [0.1, 0.15) is 24.3 Å². The maximum Gasteiger partial charge on any atom is 0.240 e. The van der Waals surface area contributed by atoms with Crippen molar-refractivity contribution in [2.75, 3.05) is 0 Å². The summed E-state index contributed by atoms with van der Waals surface area (Å²) in [7, 11) is 0. The van der Waals surface area contributed by atoms with Crippen molar-refractivity contribution in [3.63, 3.8) is 0 Å². The standard InChI is InChI=1S/C10H14N2O2/c1-8(2)11-10(14)6-12-5-3-4-9(12)7-13/h3-5,7-8H,6H2,1-2H3,(H,11,14). The maximum atomic E-state index is 11.3. The lowest BCUT2D eigenvalue weighted by Gasteiger charge is -2.09. The van der Waals surface area contributed by atoms with E-state index in [1.807, 2.05) is 13.8 Å². The number of carbonyl (C=O) groups is 2. The van der Waals surface area contributed by atoms with Gasteiger partial charge >= 0.3 is 0 Å². The Morgan fingerprint density at radius 3 is 2.93 bits per heavy atom. The van der Waals surface area contributed by atoms with Crippen molar-refractivity contribution in [3.8, 4) is 0 Å². The van der Waals surface area contributed by atoms with E-state index in [4.69, 9.17) is 0 Å². The minimum atomic E-state index is -0.0840. The minimum absolute atomic E-state index is 0.0840. The summed E-state index contributed by atoms with van der Waals surface area (Å²) in [4.78, 5) is 21.9. The highest BCUT2D eigenvalue weighted by Crippen LogP contribution is 1.98. The van der Waals surface area contributed by atoms with Crippen LogP contribution in [0.5, 0.6) is 0 Å². The van der Waals surface area contributed by atoms with Crippen LogP contribution in [0.2, 0.25) is 0 Å². The highest BCUT2D eigenvalue weighted by Gasteiger charge is 2.06. The molecule has 0 unspecified atom stereocenters. The van der Waals surface area contributed by atoms with Crippen LogP contribution >= 0.6 is 0 Å². The molecule has 0 aliphatic rings. The predicted molar refractivity (Wildman–Crippen MR) is 53.1 cm³/mol. The van der Waals surface area contributed by atoms with Gasteiger partial charge in [0, 0.05) is 12.2 Å². The topological polar surface area (TPSA) is 51.1 Å². The van der Waals surface area contributed by atoms with Gasteiger partial charge in [-0.2, -0.15) is 0 Å². The van der Waals surface area contributed by atoms with E-state index < -0.39 is 0 Å². The van der Waals surface area contributed by atoms with Crippen LogP contribution in [0.25, 0.3) is 0 Å². The van der Waals surface area contributed by atoms with Crippen molar-refractivity contribution >= 4 is 12.2 Å². The van der Waals surface area contributed by atoms with Crippen molar-refractivity contribution in [2.45, 2.75) is 26.4 Å². The molecule has 0 aliphatic carbocycles. The summed E-state index contributed by atoms with van der Waals surface area (Å²) in [5.41, 5.74) is 0.518. The van der Waals surface area contributed by atoms with Crippen molar-refractivity contribution in [2.24, 2.45) is 0 Å². The van der Waals surface area contributed by atoms with Crippen molar-refractivity contribution in [1.82, 2.24) is 9.88 Å². The number of carbonyl (C=O) groups excluding carboxylic acids is 2. The molecule has 1 aromatic rings. The van der Waals surface area contributed by atoms with Gasteiger partial charge in [0.25, 0.3) is 0 Å². The Bertz CT molecular complexity index is 329. The number of hydrogen-bond acceptors (Lipinski definition) is 2. The summed E-state index contributed by atoms with van der Waals surface area (Å²) in [5.74, 6) is -0.0840. The molecule has 0 fully saturated rings. The van der Waals surface area contributed by atoms with Gasteiger partial charge in [-0.1, -0.05) is 0 Å². The summed E-state index contributed by atoms with van der Waals surface area (Å²) in [6.45, 7) is 3.99. The second-order valence-electron chi connectivity index (χ2n) is 3.40. The lowest BCUT2D eigenvalue weighted by molar-refractivity contribution is -0.122. The highest BCUT2D eigenvalue weighted by atomic mass is 16.2. The fourth-order valence-corrected chi connectivity index (χ4v) is 1.20. The van der Waals surface area contributed by atoms with E-state index in [1.54, 1.807) is 22.9 Å². The Labute approximate surface area is 82.9 Å². The molecule has 4 heteroatoms. The Morgan fingerprint density at radius 1 is 1.64 bits per heavy atom. The van der Waals surface area contributed by atoms with E-state index in [9.17, 15) is 9.59 Å². The second kappa shape index (κ2) is 4.60. The van der Waals surface area contributed by atoms with Crippen LogP contribution in [0, 0.1) is 0 Å². The van der Waals surface area contributed by atoms with Crippen LogP contribution in [0.15, 0.2) is 18.3 Å². The third kappa shape index (κ3) is 2.73. The third-order valence-electron chi connectivity index (χ3n) is 1.75. The van der Waals surface area contributed by atoms with E-state index in [2.05, 4.69) is 5.32 Å². The molecule has 0 atom stereocenters. The summed E-state index contributed by atoms with van der Waals surface area (Å²) >= 11 is 0. The maximum absolute atomic E-state index is 11.3. The Kier molecular flexibility index (Phi) is 3.45. The lowest BCUT2D eigenvalue weighted by Crippen LogP contribution is -2.33. The first-order valence-corrected chi connectivity index (χ1v) is 4.53. The molecule has 0 radical (unpaired) electrons. The van der Waals surface area contributed by atoms with Gasteiger partial charge in [-0.15, -0.1) is 0 Å². The molecule has 0 aliphatic heterocycles. The van der Waals surface area contributed by atoms with Gasteiger partial charge in [-0.3, -0.25) is 9.59 Å². The van der Waals surface area contributed by atoms with Crippen LogP contribution in [0.4, 0.5) is 0 Å². The van der Waals surface area contributed by atoms with Crippen LogP contribution in [-0.2, 0) is 11.3 Å². The number of nitrogens with one attached hydrogen (secondary N) is 1. The van der Waals surface area contributed by atoms with Gasteiger partial charge in [0.1, 0.15) is 6.54 Å². The highest BCUT2D eigenvalue weighted by molar-refractivity contribution is 5.78. The van der Waals surface area contributed by atoms with Crippen LogP contribution < -0.4 is 5.32 Å². The van der Waals surface area contributed by atoms with E-state index in [0.29, 0.717) is 5.69 Å². The number of aldehydes is 1. The molecule has 1 amide bonds. The van der Waals surface area contributed by atoms with Crippen LogP contribution in [-0.4, -0.2) is 22.8 Å². The summed E-state index contributed by atoms with van der Waals surface area (Å²) in [5, 5.41) is 2.76. The smallest absolute Gasteiger partial charge is 0.240 e. The zero-order valence-corrected chi connectivity index (χ0v) is 8.36. The molecule has 14 heavy (non-hydrogen) atoms. The number of nitrogens with zero attached hydrogens (tertiary/aromatic N) is 1. The first-order valence-electron chi connectivity index (χ1n) is 4.53. The minimum Gasteiger partial charge on any atom is -0.352 e. The van der Waals surface area contributed by atoms with Crippen molar-refractivity contribution in [3.05, 3.63) is 24.0 Å². The molecule has 0 bridgehead atoms. The molecule has 76 valence electrons. The van der Waals surface area contributed by atoms with Gasteiger partial charge in [0.2, 0.25) is 5.91 Å². The van der Waals surface area contributed by atoms with Gasteiger partial charge in [-0.25, -0.2) is 0 Å². The van der Waals surface area contributed by atoms with Crippen LogP contribution in [0.3, 0.4) is 0 Å². The molecule has 1 aromatic heterocycles. The van der Waals surface area contributed by atoms with Crippen molar-refractivity contribution in [1.29, 1.82) is 0 Å². The first kappa shape index (κ1) is 10.5. The first-order chi connectivity index (χ1) is 6.63. The number of rotatable bonds is 4. The Morgan fingerprint density at radius 2 is 2.36 bits per heavy atom. The number of aromatic nitrogens is 1. The van der Waals surface area contributed by atoms with Gasteiger partial charge in [-0.05, 0) is 26.0 Å². The average molecular weight is 194 g/mol. The molecule has 1 N–H and O–H groups in total. The van der Waals surface area contributed by atoms with Gasteiger partial charge in [0.15, 0.2) is 6.29 Å². The average Bonchev–Trinajstić information content (AvgIpc) is 2.50. The summed E-state index contributed by atoms with van der Waals surface area (Å²) in [6, 6.07) is 3.54. The molecular formula is C10H14N2O2. The van der Waals surface area contributed by atoms with Gasteiger partial charge < -0.3 is 9.88 Å². The van der Waals surface area contributed by atoms with E-state index in [-0.39, 0.29) is 18.5 Å². The molecule has 0 aromatic carbocycles. The lowest BCUT2D eigenvalue weighted by atomic mass is 10.4. The zero-order valence-electron chi connectivity index (χ0n) is 8.36. The van der Waals surface area contributed by atoms with E-state index >= 15 is 0 Å². The molecule has 0 saturated carbocycles. The Hall–Kier alpha value is -1.58. The van der Waals surface area contributed by atoms with Gasteiger partial charge in [0.05, 0.1) is 5.69 Å². The predicted octanol–water partition coefficient (Wildman–Crippen LogP) is 0.825. The molecule has 0 spiro atoms. The largest absolute Gasteiger partial charge is 0.352 e. The monoisotopic (exact) mass is 194 g/mol. The quantitative estimate of drug-likeness (QED) is 0.721. The second-order valence-corrected chi connectivity index (χ2v) is 3.40. The molecular weight excluding hydrogens is 180 g/mol. The molecule has 1 rings (SSSR count). The van der Waals surface area contributed by atoms with E-state index in [1.165, 1.54) is 0 Å². The fourth-order valence-electron chi connectivity index (χ4n) is 1.20. The molecule has 4 nitrogen and oxygen atoms in total. The van der Waals surface area contributed by atoms with E-state index in [0.717, 1.165) is 6.29 Å². The summed E-state index contributed by atoms with van der Waals surface area (Å²) in [6.07, 6.45) is 2.45. The zero-order chi connectivity index (χ0) is 10.6. The number of amides is 1. The molecule has 0 saturated heterocycles.